The van der Waals surface area contributed by atoms with Crippen LogP contribution in [0.1, 0.15) is 25.0 Å². The van der Waals surface area contributed by atoms with Crippen LogP contribution in [-0.2, 0) is 4.74 Å². The van der Waals surface area contributed by atoms with Crippen LogP contribution in [0.3, 0.4) is 0 Å². The molecule has 3 aromatic rings. The Morgan fingerprint density at radius 3 is 2.71 bits per heavy atom. The molecule has 2 aromatic heterocycles. The van der Waals surface area contributed by atoms with Crippen LogP contribution in [0, 0.1) is 24.2 Å². The smallest absolute Gasteiger partial charge is 0.157 e. The van der Waals surface area contributed by atoms with E-state index in [1.54, 1.807) is 0 Å². The summed E-state index contributed by atoms with van der Waals surface area (Å²) in [6.07, 6.45) is 0. The number of hydrogen-bond acceptors (Lipinski definition) is 5. The number of rotatable bonds is 5. The number of para-hydroxylation sites is 2. The van der Waals surface area contributed by atoms with E-state index in [1.165, 1.54) is 0 Å². The quantitative estimate of drug-likeness (QED) is 0.738. The topological polar surface area (TPSA) is 65.6 Å². The van der Waals surface area contributed by atoms with Crippen LogP contribution in [0.15, 0.2) is 30.3 Å². The minimum absolute atomic E-state index is 0.421. The average Bonchev–Trinajstić information content (AvgIpc) is 3.08. The van der Waals surface area contributed by atoms with Gasteiger partial charge in [-0.05, 0) is 36.6 Å². The Kier molecular flexibility index (Phi) is 5.21. The normalized spacial score (nSPS) is 16.5. The van der Waals surface area contributed by atoms with Crippen molar-refractivity contribution in [3.63, 3.8) is 0 Å². The molecular formula is C22H27N5O. The molecule has 1 aliphatic rings. The Bertz CT molecular complexity index is 1030. The maximum atomic E-state index is 9.65. The van der Waals surface area contributed by atoms with E-state index in [4.69, 9.17) is 9.72 Å². The van der Waals surface area contributed by atoms with Gasteiger partial charge in [-0.1, -0.05) is 26.0 Å². The van der Waals surface area contributed by atoms with Crippen LogP contribution in [-0.4, -0.2) is 53.2 Å². The summed E-state index contributed by atoms with van der Waals surface area (Å²) in [5.74, 6) is 1.51. The number of pyridine rings is 1. The molecule has 1 atom stereocenters. The zero-order chi connectivity index (χ0) is 19.7. The van der Waals surface area contributed by atoms with Gasteiger partial charge in [-0.2, -0.15) is 5.26 Å². The highest BCUT2D eigenvalue weighted by Crippen LogP contribution is 2.27. The number of aromatic nitrogens is 2. The molecule has 6 nitrogen and oxygen atoms in total. The van der Waals surface area contributed by atoms with E-state index < -0.39 is 0 Å². The maximum absolute atomic E-state index is 9.65. The Labute approximate surface area is 165 Å². The van der Waals surface area contributed by atoms with Crippen molar-refractivity contribution in [3.05, 3.63) is 41.5 Å². The molecule has 3 heterocycles. The molecule has 0 amide bonds. The van der Waals surface area contributed by atoms with E-state index in [-0.39, 0.29) is 0 Å². The van der Waals surface area contributed by atoms with Crippen LogP contribution in [0.25, 0.3) is 16.7 Å². The van der Waals surface area contributed by atoms with Crippen molar-refractivity contribution in [1.82, 2.24) is 14.3 Å². The van der Waals surface area contributed by atoms with Gasteiger partial charge in [0.05, 0.1) is 29.8 Å². The summed E-state index contributed by atoms with van der Waals surface area (Å²) in [7, 11) is 0. The molecule has 6 heteroatoms. The van der Waals surface area contributed by atoms with E-state index >= 15 is 0 Å². The number of imidazole rings is 1. The van der Waals surface area contributed by atoms with Crippen molar-refractivity contribution >= 4 is 22.5 Å². The third kappa shape index (κ3) is 3.32. The molecule has 0 bridgehead atoms. The maximum Gasteiger partial charge on any atom is 0.157 e. The molecule has 146 valence electrons. The zero-order valence-electron chi connectivity index (χ0n) is 16.8. The molecule has 1 aromatic carbocycles. The van der Waals surface area contributed by atoms with Crippen LogP contribution in [0.2, 0.25) is 0 Å². The lowest BCUT2D eigenvalue weighted by molar-refractivity contribution is 0.00953. The molecule has 1 N–H and O–H groups in total. The second kappa shape index (κ2) is 7.78. The Morgan fingerprint density at radius 1 is 1.25 bits per heavy atom. The molecule has 0 saturated carbocycles. The van der Waals surface area contributed by atoms with Crippen molar-refractivity contribution in [3.8, 4) is 6.07 Å². The Hall–Kier alpha value is -2.62. The molecule has 1 saturated heterocycles. The molecule has 1 unspecified atom stereocenters. The largest absolute Gasteiger partial charge is 0.379 e. The number of anilines is 1. The molecule has 0 radical (unpaired) electrons. The standard InChI is InChI=1S/C22H27N5O/c1-15(2)20(26-8-10-28-11-9-26)14-24-21-12-16(3)17(13-23)22-25-18-6-4-5-7-19(18)27(21)22/h4-7,12,15,20,24H,8-11,14H2,1-3H3. The number of hydrogen-bond donors (Lipinski definition) is 1. The lowest BCUT2D eigenvalue weighted by Gasteiger charge is -2.37. The van der Waals surface area contributed by atoms with Gasteiger partial charge in [-0.15, -0.1) is 0 Å². The summed E-state index contributed by atoms with van der Waals surface area (Å²) in [6, 6.07) is 12.9. The molecule has 0 spiro atoms. The molecular weight excluding hydrogens is 350 g/mol. The average molecular weight is 377 g/mol. The van der Waals surface area contributed by atoms with E-state index in [0.29, 0.717) is 17.5 Å². The zero-order valence-corrected chi connectivity index (χ0v) is 16.8. The number of nitrogens with one attached hydrogen (secondary N) is 1. The highest BCUT2D eigenvalue weighted by molar-refractivity contribution is 5.85. The first-order valence-electron chi connectivity index (χ1n) is 9.96. The van der Waals surface area contributed by atoms with Crippen molar-refractivity contribution < 1.29 is 4.74 Å². The fraction of sp³-hybridized carbons (Fsp3) is 0.455. The van der Waals surface area contributed by atoms with E-state index in [1.807, 2.05) is 25.1 Å². The van der Waals surface area contributed by atoms with Crippen molar-refractivity contribution in [2.24, 2.45) is 5.92 Å². The summed E-state index contributed by atoms with van der Waals surface area (Å²) >= 11 is 0. The minimum atomic E-state index is 0.421. The highest BCUT2D eigenvalue weighted by atomic mass is 16.5. The molecule has 1 fully saturated rings. The Morgan fingerprint density at radius 2 is 2.00 bits per heavy atom. The van der Waals surface area contributed by atoms with E-state index in [9.17, 15) is 5.26 Å². The van der Waals surface area contributed by atoms with Crippen molar-refractivity contribution in [2.45, 2.75) is 26.8 Å². The number of morpholine rings is 1. The van der Waals surface area contributed by atoms with Gasteiger partial charge in [0, 0.05) is 25.7 Å². The summed E-state index contributed by atoms with van der Waals surface area (Å²) in [5, 5.41) is 13.3. The van der Waals surface area contributed by atoms with Crippen molar-refractivity contribution in [2.75, 3.05) is 38.2 Å². The van der Waals surface area contributed by atoms with Gasteiger partial charge >= 0.3 is 0 Å². The summed E-state index contributed by atoms with van der Waals surface area (Å²) in [6.45, 7) is 10.9. The second-order valence-electron chi connectivity index (χ2n) is 7.80. The fourth-order valence-corrected chi connectivity index (χ4v) is 4.13. The first-order valence-corrected chi connectivity index (χ1v) is 9.96. The summed E-state index contributed by atoms with van der Waals surface area (Å²) in [5.41, 5.74) is 4.22. The molecule has 4 rings (SSSR count). The molecule has 0 aliphatic carbocycles. The second-order valence-corrected chi connectivity index (χ2v) is 7.80. The molecule has 28 heavy (non-hydrogen) atoms. The van der Waals surface area contributed by atoms with Crippen molar-refractivity contribution in [1.29, 1.82) is 5.26 Å². The number of ether oxygens (including phenoxy) is 1. The van der Waals surface area contributed by atoms with Crippen LogP contribution >= 0.6 is 0 Å². The number of nitriles is 1. The van der Waals surface area contributed by atoms with Crippen LogP contribution in [0.4, 0.5) is 5.82 Å². The first-order chi connectivity index (χ1) is 13.6. The van der Waals surface area contributed by atoms with Gasteiger partial charge in [0.2, 0.25) is 0 Å². The number of aryl methyl sites for hydroxylation is 1. The van der Waals surface area contributed by atoms with E-state index in [2.05, 4.69) is 46.7 Å². The third-order valence-electron chi connectivity index (χ3n) is 5.66. The fourth-order valence-electron chi connectivity index (χ4n) is 4.13. The number of fused-ring (bicyclic) bond motifs is 3. The van der Waals surface area contributed by atoms with E-state index in [0.717, 1.165) is 60.9 Å². The first kappa shape index (κ1) is 18.7. The predicted octanol–water partition coefficient (Wildman–Crippen LogP) is 3.44. The van der Waals surface area contributed by atoms with Gasteiger partial charge < -0.3 is 10.1 Å². The minimum Gasteiger partial charge on any atom is -0.379 e. The van der Waals surface area contributed by atoms with Gasteiger partial charge in [0.25, 0.3) is 0 Å². The van der Waals surface area contributed by atoms with Gasteiger partial charge in [-0.25, -0.2) is 4.98 Å². The lowest BCUT2D eigenvalue weighted by Crippen LogP contribution is -2.49. The van der Waals surface area contributed by atoms with Gasteiger partial charge in [0.15, 0.2) is 5.65 Å². The SMILES string of the molecule is Cc1cc(NCC(C(C)C)N2CCOCC2)n2c(nc3ccccc32)c1C#N. The van der Waals surface area contributed by atoms with Gasteiger partial charge in [0.1, 0.15) is 11.9 Å². The lowest BCUT2D eigenvalue weighted by atomic mass is 10.0. The van der Waals surface area contributed by atoms with Gasteiger partial charge in [-0.3, -0.25) is 9.30 Å². The Balaban J connectivity index is 1.73. The number of benzene rings is 1. The summed E-state index contributed by atoms with van der Waals surface area (Å²) in [4.78, 5) is 7.25. The van der Waals surface area contributed by atoms with Crippen LogP contribution < -0.4 is 5.32 Å². The predicted molar refractivity (Wildman–Crippen MR) is 112 cm³/mol. The number of nitrogens with zero attached hydrogens (tertiary/aromatic N) is 4. The molecule has 1 aliphatic heterocycles. The highest BCUT2D eigenvalue weighted by Gasteiger charge is 2.24. The third-order valence-corrected chi connectivity index (χ3v) is 5.66. The van der Waals surface area contributed by atoms with Crippen LogP contribution in [0.5, 0.6) is 0 Å². The monoisotopic (exact) mass is 377 g/mol. The summed E-state index contributed by atoms with van der Waals surface area (Å²) < 4.78 is 7.60.